The van der Waals surface area contributed by atoms with Gasteiger partial charge < -0.3 is 10.5 Å². The van der Waals surface area contributed by atoms with E-state index in [1.54, 1.807) is 0 Å². The predicted octanol–water partition coefficient (Wildman–Crippen LogP) is 3.48. The lowest BCUT2D eigenvalue weighted by Gasteiger charge is -2.11. The van der Waals surface area contributed by atoms with Crippen LogP contribution in [-0.4, -0.2) is 9.78 Å². The minimum Gasteiger partial charge on any atom is -0.487 e. The molecule has 0 fully saturated rings. The van der Waals surface area contributed by atoms with Gasteiger partial charge in [-0.3, -0.25) is 4.68 Å². The van der Waals surface area contributed by atoms with Gasteiger partial charge in [0.2, 0.25) is 0 Å². The molecular formula is C15H20BrN3O. The van der Waals surface area contributed by atoms with Gasteiger partial charge in [0.05, 0.1) is 15.9 Å². The maximum atomic E-state index is 5.99. The Bertz CT molecular complexity index is 578. The summed E-state index contributed by atoms with van der Waals surface area (Å²) in [6.45, 7) is 4.53. The first-order valence-electron chi connectivity index (χ1n) is 6.69. The highest BCUT2D eigenvalue weighted by atomic mass is 79.9. The van der Waals surface area contributed by atoms with Crippen LogP contribution in [0.5, 0.6) is 5.75 Å². The van der Waals surface area contributed by atoms with Crippen LogP contribution in [0.1, 0.15) is 36.3 Å². The molecule has 0 spiro atoms. The van der Waals surface area contributed by atoms with E-state index >= 15 is 0 Å². The van der Waals surface area contributed by atoms with Crippen molar-refractivity contribution in [2.45, 2.75) is 32.9 Å². The van der Waals surface area contributed by atoms with Crippen molar-refractivity contribution in [1.29, 1.82) is 0 Å². The van der Waals surface area contributed by atoms with Gasteiger partial charge in [-0.25, -0.2) is 0 Å². The average molecular weight is 338 g/mol. The van der Waals surface area contributed by atoms with Gasteiger partial charge in [0, 0.05) is 13.1 Å². The van der Waals surface area contributed by atoms with Crippen LogP contribution in [0.4, 0.5) is 0 Å². The lowest BCUT2D eigenvalue weighted by molar-refractivity contribution is 0.294. The van der Waals surface area contributed by atoms with Gasteiger partial charge in [-0.15, -0.1) is 0 Å². The van der Waals surface area contributed by atoms with Gasteiger partial charge in [-0.1, -0.05) is 19.1 Å². The maximum Gasteiger partial charge on any atom is 0.131 e. The fourth-order valence-electron chi connectivity index (χ4n) is 2.04. The monoisotopic (exact) mass is 337 g/mol. The molecule has 2 N–H and O–H groups in total. The third-order valence-electron chi connectivity index (χ3n) is 3.39. The van der Waals surface area contributed by atoms with Gasteiger partial charge in [0.15, 0.2) is 0 Å². The van der Waals surface area contributed by atoms with Gasteiger partial charge in [0.1, 0.15) is 12.4 Å². The van der Waals surface area contributed by atoms with E-state index in [1.807, 2.05) is 42.9 Å². The maximum absolute atomic E-state index is 5.99. The van der Waals surface area contributed by atoms with Crippen molar-refractivity contribution in [3.05, 3.63) is 45.7 Å². The van der Waals surface area contributed by atoms with E-state index in [0.717, 1.165) is 33.6 Å². The standard InChI is InChI=1S/C15H20BrN3O/c1-4-13(17)11-5-7-12(8-6-11)20-9-14-15(16)10(2)18-19(14)3/h5-8,13H,4,9,17H2,1-3H3. The first-order valence-corrected chi connectivity index (χ1v) is 7.48. The summed E-state index contributed by atoms with van der Waals surface area (Å²) >= 11 is 3.53. The fraction of sp³-hybridized carbons (Fsp3) is 0.400. The molecule has 1 atom stereocenters. The summed E-state index contributed by atoms with van der Waals surface area (Å²) in [5.74, 6) is 0.836. The number of halogens is 1. The number of nitrogens with two attached hydrogens (primary N) is 1. The normalized spacial score (nSPS) is 12.4. The Morgan fingerprint density at radius 3 is 2.50 bits per heavy atom. The number of hydrogen-bond donors (Lipinski definition) is 1. The van der Waals surface area contributed by atoms with Crippen LogP contribution in [0.2, 0.25) is 0 Å². The number of aryl methyl sites for hydroxylation is 2. The molecule has 0 bridgehead atoms. The zero-order valence-electron chi connectivity index (χ0n) is 12.1. The Labute approximate surface area is 128 Å². The van der Waals surface area contributed by atoms with E-state index in [1.165, 1.54) is 0 Å². The fourth-order valence-corrected chi connectivity index (χ4v) is 2.49. The summed E-state index contributed by atoms with van der Waals surface area (Å²) in [7, 11) is 1.92. The second kappa shape index (κ2) is 6.41. The summed E-state index contributed by atoms with van der Waals surface area (Å²) < 4.78 is 8.64. The molecule has 0 aliphatic carbocycles. The van der Waals surface area contributed by atoms with Crippen LogP contribution < -0.4 is 10.5 Å². The molecule has 0 aliphatic heterocycles. The molecule has 1 aromatic carbocycles. The SMILES string of the molecule is CCC(N)c1ccc(OCc2c(Br)c(C)nn2C)cc1. The van der Waals surface area contributed by atoms with E-state index in [-0.39, 0.29) is 6.04 Å². The highest BCUT2D eigenvalue weighted by Gasteiger charge is 2.11. The Kier molecular flexibility index (Phi) is 4.83. The first-order chi connectivity index (χ1) is 9.52. The van der Waals surface area contributed by atoms with Crippen LogP contribution in [0.15, 0.2) is 28.7 Å². The van der Waals surface area contributed by atoms with Crippen molar-refractivity contribution >= 4 is 15.9 Å². The van der Waals surface area contributed by atoms with Gasteiger partial charge in [-0.05, 0) is 47.0 Å². The van der Waals surface area contributed by atoms with E-state index in [2.05, 4.69) is 28.0 Å². The molecule has 108 valence electrons. The van der Waals surface area contributed by atoms with E-state index in [9.17, 15) is 0 Å². The lowest BCUT2D eigenvalue weighted by Crippen LogP contribution is -2.08. The van der Waals surface area contributed by atoms with Crippen LogP contribution in [-0.2, 0) is 13.7 Å². The van der Waals surface area contributed by atoms with Crippen molar-refractivity contribution in [2.24, 2.45) is 12.8 Å². The molecule has 0 aliphatic rings. The number of rotatable bonds is 5. The molecule has 2 aromatic rings. The number of ether oxygens (including phenoxy) is 1. The van der Waals surface area contributed by atoms with Crippen LogP contribution in [0.25, 0.3) is 0 Å². The average Bonchev–Trinajstić information content (AvgIpc) is 2.70. The van der Waals surface area contributed by atoms with Crippen molar-refractivity contribution in [3.63, 3.8) is 0 Å². The molecule has 20 heavy (non-hydrogen) atoms. The van der Waals surface area contributed by atoms with Crippen molar-refractivity contribution in [3.8, 4) is 5.75 Å². The Balaban J connectivity index is 2.04. The number of benzene rings is 1. The molecule has 0 saturated heterocycles. The van der Waals surface area contributed by atoms with Crippen LogP contribution in [0.3, 0.4) is 0 Å². The first kappa shape index (κ1) is 15.1. The lowest BCUT2D eigenvalue weighted by atomic mass is 10.1. The second-order valence-electron chi connectivity index (χ2n) is 4.84. The summed E-state index contributed by atoms with van der Waals surface area (Å²) in [5, 5.41) is 4.34. The van der Waals surface area contributed by atoms with Crippen LogP contribution in [0, 0.1) is 6.92 Å². The zero-order valence-corrected chi connectivity index (χ0v) is 13.6. The van der Waals surface area contributed by atoms with E-state index in [4.69, 9.17) is 10.5 Å². The Hall–Kier alpha value is -1.33. The minimum absolute atomic E-state index is 0.0953. The topological polar surface area (TPSA) is 53.1 Å². The van der Waals surface area contributed by atoms with E-state index in [0.29, 0.717) is 6.61 Å². The third-order valence-corrected chi connectivity index (χ3v) is 4.42. The second-order valence-corrected chi connectivity index (χ2v) is 5.64. The van der Waals surface area contributed by atoms with Crippen molar-refractivity contribution in [2.75, 3.05) is 0 Å². The Morgan fingerprint density at radius 2 is 2.00 bits per heavy atom. The van der Waals surface area contributed by atoms with E-state index < -0.39 is 0 Å². The molecule has 0 amide bonds. The van der Waals surface area contributed by atoms with Crippen molar-refractivity contribution < 1.29 is 4.74 Å². The number of nitrogens with zero attached hydrogens (tertiary/aromatic N) is 2. The summed E-state index contributed by atoms with van der Waals surface area (Å²) in [5.41, 5.74) is 9.12. The predicted molar refractivity (Wildman–Crippen MR) is 83.6 cm³/mol. The number of hydrogen-bond acceptors (Lipinski definition) is 3. The minimum atomic E-state index is 0.0953. The molecule has 0 radical (unpaired) electrons. The van der Waals surface area contributed by atoms with Gasteiger partial charge in [-0.2, -0.15) is 5.10 Å². The highest BCUT2D eigenvalue weighted by Crippen LogP contribution is 2.23. The molecular weight excluding hydrogens is 318 g/mol. The molecule has 1 unspecified atom stereocenters. The third kappa shape index (κ3) is 3.22. The smallest absolute Gasteiger partial charge is 0.131 e. The molecule has 2 rings (SSSR count). The molecule has 1 aromatic heterocycles. The summed E-state index contributed by atoms with van der Waals surface area (Å²) in [6, 6.07) is 8.06. The quantitative estimate of drug-likeness (QED) is 0.908. The summed E-state index contributed by atoms with van der Waals surface area (Å²) in [6.07, 6.45) is 0.932. The van der Waals surface area contributed by atoms with Gasteiger partial charge >= 0.3 is 0 Å². The van der Waals surface area contributed by atoms with Crippen molar-refractivity contribution in [1.82, 2.24) is 9.78 Å². The number of aromatic nitrogens is 2. The molecule has 4 nitrogen and oxygen atoms in total. The summed E-state index contributed by atoms with van der Waals surface area (Å²) in [4.78, 5) is 0. The zero-order chi connectivity index (χ0) is 14.7. The van der Waals surface area contributed by atoms with Crippen LogP contribution >= 0.6 is 15.9 Å². The Morgan fingerprint density at radius 1 is 1.35 bits per heavy atom. The molecule has 0 saturated carbocycles. The largest absolute Gasteiger partial charge is 0.487 e. The van der Waals surface area contributed by atoms with Gasteiger partial charge in [0.25, 0.3) is 0 Å². The molecule has 5 heteroatoms. The highest BCUT2D eigenvalue weighted by molar-refractivity contribution is 9.10. The molecule has 1 heterocycles.